The highest BCUT2D eigenvalue weighted by Gasteiger charge is 2.38. The Labute approximate surface area is 227 Å². The second kappa shape index (κ2) is 11.4. The van der Waals surface area contributed by atoms with Crippen LogP contribution in [0.15, 0.2) is 81.9 Å². The second-order valence-corrected chi connectivity index (χ2v) is 8.96. The molecule has 9 nitrogen and oxygen atoms in total. The van der Waals surface area contributed by atoms with Gasteiger partial charge in [0.05, 0.1) is 30.5 Å². The summed E-state index contributed by atoms with van der Waals surface area (Å²) in [6, 6.07) is 16.3. The average molecular weight is 554 g/mol. The Balaban J connectivity index is 1.52. The number of allylic oxidation sites excluding steroid dienone is 1. The van der Waals surface area contributed by atoms with Crippen molar-refractivity contribution >= 4 is 64.3 Å². The van der Waals surface area contributed by atoms with Gasteiger partial charge >= 0.3 is 17.8 Å². The van der Waals surface area contributed by atoms with Crippen molar-refractivity contribution in [3.8, 4) is 0 Å². The summed E-state index contributed by atoms with van der Waals surface area (Å²) in [6.07, 6.45) is 1.40. The molecule has 3 aromatic rings. The van der Waals surface area contributed by atoms with E-state index < -0.39 is 23.7 Å². The number of hydrogen-bond donors (Lipinski definition) is 2. The number of anilines is 2. The van der Waals surface area contributed by atoms with Crippen LogP contribution in [0.4, 0.5) is 11.4 Å². The van der Waals surface area contributed by atoms with Gasteiger partial charge in [-0.15, -0.1) is 0 Å². The van der Waals surface area contributed by atoms with E-state index in [1.54, 1.807) is 61.5 Å². The third-order valence-electron chi connectivity index (χ3n) is 5.53. The van der Waals surface area contributed by atoms with Crippen molar-refractivity contribution in [1.82, 2.24) is 5.32 Å². The first-order valence-corrected chi connectivity index (χ1v) is 12.0. The number of para-hydroxylation sites is 1. The number of benzene rings is 2. The van der Waals surface area contributed by atoms with Crippen molar-refractivity contribution in [2.24, 2.45) is 0 Å². The van der Waals surface area contributed by atoms with Crippen LogP contribution in [0.3, 0.4) is 0 Å². The van der Waals surface area contributed by atoms with Crippen LogP contribution in [0.1, 0.15) is 18.4 Å². The minimum Gasteiger partial charge on any atom is -0.465 e. The van der Waals surface area contributed by atoms with Gasteiger partial charge in [-0.1, -0.05) is 41.4 Å². The third kappa shape index (κ3) is 5.80. The van der Waals surface area contributed by atoms with Crippen LogP contribution in [0.2, 0.25) is 10.0 Å². The lowest BCUT2D eigenvalue weighted by Gasteiger charge is -2.18. The minimum absolute atomic E-state index is 0.0395. The Morgan fingerprint density at radius 3 is 2.34 bits per heavy atom. The number of furan rings is 1. The first-order chi connectivity index (χ1) is 18.2. The number of amides is 3. The van der Waals surface area contributed by atoms with Crippen LogP contribution in [0.25, 0.3) is 6.08 Å². The fraction of sp³-hybridized carbons (Fsp3) is 0.111. The molecule has 1 aliphatic heterocycles. The largest absolute Gasteiger partial charge is 0.465 e. The maximum absolute atomic E-state index is 13.4. The molecule has 2 N–H and O–H groups in total. The Morgan fingerprint density at radius 2 is 1.68 bits per heavy atom. The van der Waals surface area contributed by atoms with E-state index in [2.05, 4.69) is 10.6 Å². The SMILES string of the molecule is COC(=O)C1=C(C)N(c2cc(Cl)cc(Cl)c2)C(=O)C1=Cc1ccc(CNC(=O)C(=O)Nc2ccccc2)o1. The van der Waals surface area contributed by atoms with Crippen LogP contribution in [-0.2, 0) is 30.5 Å². The molecule has 0 unspecified atom stereocenters. The Morgan fingerprint density at radius 1 is 1.00 bits per heavy atom. The van der Waals surface area contributed by atoms with Gasteiger partial charge in [0.2, 0.25) is 0 Å². The fourth-order valence-corrected chi connectivity index (χ4v) is 4.34. The number of hydrogen-bond acceptors (Lipinski definition) is 6. The molecule has 3 amide bonds. The first kappa shape index (κ1) is 26.7. The molecule has 11 heteroatoms. The predicted molar refractivity (Wildman–Crippen MR) is 142 cm³/mol. The molecule has 0 bridgehead atoms. The molecule has 0 spiro atoms. The van der Waals surface area contributed by atoms with Gasteiger partial charge in [-0.2, -0.15) is 0 Å². The maximum atomic E-state index is 13.4. The first-order valence-electron chi connectivity index (χ1n) is 11.2. The van der Waals surface area contributed by atoms with Gasteiger partial charge in [-0.3, -0.25) is 19.3 Å². The zero-order chi connectivity index (χ0) is 27.4. The highest BCUT2D eigenvalue weighted by Crippen LogP contribution is 2.37. The summed E-state index contributed by atoms with van der Waals surface area (Å²) in [6.45, 7) is 1.52. The number of carbonyl (C=O) groups excluding carboxylic acids is 4. The zero-order valence-corrected chi connectivity index (χ0v) is 21.7. The molecular weight excluding hydrogens is 533 g/mol. The van der Waals surface area contributed by atoms with Crippen LogP contribution < -0.4 is 15.5 Å². The summed E-state index contributed by atoms with van der Waals surface area (Å²) in [7, 11) is 1.21. The summed E-state index contributed by atoms with van der Waals surface area (Å²) in [5.41, 5.74) is 1.29. The molecule has 0 saturated carbocycles. The molecule has 0 saturated heterocycles. The van der Waals surface area contributed by atoms with Crippen LogP contribution in [0, 0.1) is 0 Å². The summed E-state index contributed by atoms with van der Waals surface area (Å²) in [5.74, 6) is -2.33. The highest BCUT2D eigenvalue weighted by molar-refractivity contribution is 6.39. The number of rotatable bonds is 6. The minimum atomic E-state index is -0.849. The van der Waals surface area contributed by atoms with E-state index in [1.165, 1.54) is 24.2 Å². The molecule has 4 rings (SSSR count). The molecule has 0 fully saturated rings. The summed E-state index contributed by atoms with van der Waals surface area (Å²) >= 11 is 12.2. The molecular formula is C27H21Cl2N3O6. The molecule has 0 radical (unpaired) electrons. The fourth-order valence-electron chi connectivity index (χ4n) is 3.83. The smallest absolute Gasteiger partial charge is 0.340 e. The van der Waals surface area contributed by atoms with Crippen molar-refractivity contribution in [2.75, 3.05) is 17.3 Å². The lowest BCUT2D eigenvalue weighted by Crippen LogP contribution is -2.34. The van der Waals surface area contributed by atoms with E-state index in [0.717, 1.165) is 0 Å². The number of nitrogens with zero attached hydrogens (tertiary/aromatic N) is 1. The summed E-state index contributed by atoms with van der Waals surface area (Å²) < 4.78 is 10.6. The van der Waals surface area contributed by atoms with E-state index in [1.807, 2.05) is 0 Å². The zero-order valence-electron chi connectivity index (χ0n) is 20.2. The van der Waals surface area contributed by atoms with Crippen LogP contribution in [0.5, 0.6) is 0 Å². The monoisotopic (exact) mass is 553 g/mol. The molecule has 38 heavy (non-hydrogen) atoms. The summed E-state index contributed by atoms with van der Waals surface area (Å²) in [4.78, 5) is 51.5. The quantitative estimate of drug-likeness (QED) is 0.259. The molecule has 2 heterocycles. The second-order valence-electron chi connectivity index (χ2n) is 8.09. The Hall–Kier alpha value is -4.34. The third-order valence-corrected chi connectivity index (χ3v) is 5.96. The molecule has 1 aromatic heterocycles. The van der Waals surface area contributed by atoms with Crippen molar-refractivity contribution in [3.05, 3.63) is 99.1 Å². The lowest BCUT2D eigenvalue weighted by molar-refractivity contribution is -0.136. The Kier molecular flexibility index (Phi) is 7.99. The number of esters is 1. The molecule has 1 aliphatic rings. The van der Waals surface area contributed by atoms with Gasteiger partial charge in [-0.05, 0) is 55.5 Å². The van der Waals surface area contributed by atoms with Crippen LogP contribution >= 0.6 is 23.2 Å². The lowest BCUT2D eigenvalue weighted by atomic mass is 10.1. The van der Waals surface area contributed by atoms with E-state index in [9.17, 15) is 19.2 Å². The highest BCUT2D eigenvalue weighted by atomic mass is 35.5. The van der Waals surface area contributed by atoms with Gasteiger partial charge < -0.3 is 19.8 Å². The summed E-state index contributed by atoms with van der Waals surface area (Å²) in [5, 5.41) is 5.59. The molecule has 0 atom stereocenters. The van der Waals surface area contributed by atoms with Gasteiger partial charge in [0, 0.05) is 21.4 Å². The molecule has 0 aliphatic carbocycles. The Bertz CT molecular complexity index is 1470. The van der Waals surface area contributed by atoms with Gasteiger partial charge in [0.1, 0.15) is 11.5 Å². The van der Waals surface area contributed by atoms with E-state index in [-0.39, 0.29) is 23.5 Å². The topological polar surface area (TPSA) is 118 Å². The van der Waals surface area contributed by atoms with Crippen LogP contribution in [-0.4, -0.2) is 30.8 Å². The number of nitrogens with one attached hydrogen (secondary N) is 2. The molecule has 194 valence electrons. The predicted octanol–water partition coefficient (Wildman–Crippen LogP) is 4.72. The van der Waals surface area contributed by atoms with Crippen molar-refractivity contribution < 1.29 is 28.3 Å². The maximum Gasteiger partial charge on any atom is 0.340 e. The van der Waals surface area contributed by atoms with Crippen molar-refractivity contribution in [3.63, 3.8) is 0 Å². The van der Waals surface area contributed by atoms with Crippen molar-refractivity contribution in [2.45, 2.75) is 13.5 Å². The number of ether oxygens (including phenoxy) is 1. The van der Waals surface area contributed by atoms with Gasteiger partial charge in [-0.25, -0.2) is 4.79 Å². The van der Waals surface area contributed by atoms with E-state index in [4.69, 9.17) is 32.4 Å². The normalized spacial score (nSPS) is 14.2. The van der Waals surface area contributed by atoms with Gasteiger partial charge in [0.15, 0.2) is 0 Å². The van der Waals surface area contributed by atoms with E-state index in [0.29, 0.717) is 32.9 Å². The number of carbonyl (C=O) groups is 4. The van der Waals surface area contributed by atoms with E-state index >= 15 is 0 Å². The number of halogens is 2. The average Bonchev–Trinajstić information content (AvgIpc) is 3.43. The molecule has 2 aromatic carbocycles. The standard InChI is InChI=1S/C27H21Cl2N3O6/c1-15-23(27(36)37-2)22(26(35)32(15)19-11-16(28)10-17(29)12-19)13-20-8-9-21(38-20)14-30-24(33)25(34)31-18-6-4-3-5-7-18/h3-13H,14H2,1-2H3,(H,30,33)(H,31,34). The van der Waals surface area contributed by atoms with Crippen molar-refractivity contribution in [1.29, 1.82) is 0 Å². The number of methoxy groups -OCH3 is 1. The van der Waals surface area contributed by atoms with Gasteiger partial charge in [0.25, 0.3) is 5.91 Å².